The minimum Gasteiger partial charge on any atom is -0.465 e. The van der Waals surface area contributed by atoms with Crippen LogP contribution in [-0.2, 0) is 16.1 Å². The molecule has 0 atom stereocenters. The summed E-state index contributed by atoms with van der Waals surface area (Å²) in [6.45, 7) is 8.29. The Kier molecular flexibility index (Phi) is 5.54. The van der Waals surface area contributed by atoms with E-state index >= 15 is 0 Å². The highest BCUT2D eigenvalue weighted by Crippen LogP contribution is 2.18. The number of nitrogens with zero attached hydrogens (tertiary/aromatic N) is 3. The van der Waals surface area contributed by atoms with E-state index in [4.69, 9.17) is 10.5 Å². The molecule has 0 fully saturated rings. The first-order chi connectivity index (χ1) is 9.46. The van der Waals surface area contributed by atoms with Crippen molar-refractivity contribution in [1.29, 1.82) is 0 Å². The number of likely N-dealkylation sites (N-methyl/N-ethyl adjacent to an activating group) is 1. The Morgan fingerprint density at radius 3 is 2.50 bits per heavy atom. The van der Waals surface area contributed by atoms with Crippen LogP contribution in [0.5, 0.6) is 0 Å². The third-order valence-corrected chi connectivity index (χ3v) is 2.97. The number of hydrogen-bond donors (Lipinski definition) is 1. The normalized spacial score (nSPS) is 10.4. The molecule has 0 saturated carbocycles. The van der Waals surface area contributed by atoms with Gasteiger partial charge in [-0.3, -0.25) is 14.3 Å². The van der Waals surface area contributed by atoms with Gasteiger partial charge >= 0.3 is 5.97 Å². The zero-order valence-electron chi connectivity index (χ0n) is 12.5. The highest BCUT2D eigenvalue weighted by Gasteiger charge is 2.25. The predicted molar refractivity (Wildman–Crippen MR) is 75.3 cm³/mol. The first kappa shape index (κ1) is 16.0. The average molecular weight is 282 g/mol. The molecule has 1 aromatic heterocycles. The summed E-state index contributed by atoms with van der Waals surface area (Å²) in [6, 6.07) is 0. The van der Waals surface area contributed by atoms with Crippen molar-refractivity contribution in [1.82, 2.24) is 14.7 Å². The molecule has 1 heterocycles. The Bertz CT molecular complexity index is 496. The summed E-state index contributed by atoms with van der Waals surface area (Å²) in [5, 5.41) is 4.21. The molecule has 0 radical (unpaired) electrons. The second kappa shape index (κ2) is 6.93. The number of amides is 1. The number of aromatic nitrogens is 2. The summed E-state index contributed by atoms with van der Waals surface area (Å²) >= 11 is 0. The first-order valence-corrected chi connectivity index (χ1v) is 6.73. The van der Waals surface area contributed by atoms with Gasteiger partial charge in [-0.05, 0) is 27.7 Å². The molecule has 1 amide bonds. The van der Waals surface area contributed by atoms with Gasteiger partial charge < -0.3 is 15.4 Å². The summed E-state index contributed by atoms with van der Waals surface area (Å²) in [6.07, 6.45) is 0. The van der Waals surface area contributed by atoms with Gasteiger partial charge in [-0.1, -0.05) is 0 Å². The molecule has 0 aliphatic rings. The maximum Gasteiger partial charge on any atom is 0.325 e. The van der Waals surface area contributed by atoms with Crippen LogP contribution in [0.3, 0.4) is 0 Å². The number of nitrogens with two attached hydrogens (primary N) is 1. The molecule has 0 unspecified atom stereocenters. The summed E-state index contributed by atoms with van der Waals surface area (Å²) in [5.74, 6) is -0.735. The minimum absolute atomic E-state index is 0.0868. The fraction of sp³-hybridized carbons (Fsp3) is 0.615. The molecule has 1 aromatic rings. The van der Waals surface area contributed by atoms with Gasteiger partial charge in [-0.2, -0.15) is 5.10 Å². The van der Waals surface area contributed by atoms with E-state index in [0.29, 0.717) is 36.8 Å². The molecule has 0 bridgehead atoms. The number of carbonyl (C=O) groups is 2. The van der Waals surface area contributed by atoms with Crippen molar-refractivity contribution in [2.45, 2.75) is 34.2 Å². The molecular weight excluding hydrogens is 260 g/mol. The number of anilines is 1. The molecule has 0 aliphatic heterocycles. The van der Waals surface area contributed by atoms with Crippen molar-refractivity contribution in [3.63, 3.8) is 0 Å². The van der Waals surface area contributed by atoms with Gasteiger partial charge in [0, 0.05) is 13.1 Å². The number of esters is 1. The Morgan fingerprint density at radius 2 is 2.00 bits per heavy atom. The fourth-order valence-corrected chi connectivity index (χ4v) is 1.89. The molecule has 0 spiro atoms. The largest absolute Gasteiger partial charge is 0.465 e. The van der Waals surface area contributed by atoms with Gasteiger partial charge in [0.25, 0.3) is 5.91 Å². The summed E-state index contributed by atoms with van der Waals surface area (Å²) in [4.78, 5) is 25.4. The Morgan fingerprint density at radius 1 is 1.35 bits per heavy atom. The molecule has 112 valence electrons. The number of rotatable bonds is 6. The van der Waals surface area contributed by atoms with E-state index in [1.54, 1.807) is 25.5 Å². The number of hydrogen-bond acceptors (Lipinski definition) is 5. The van der Waals surface area contributed by atoms with E-state index in [1.807, 2.05) is 6.92 Å². The second-order valence-corrected chi connectivity index (χ2v) is 4.29. The maximum absolute atomic E-state index is 12.5. The SMILES string of the molecule is CCOC(=O)CN(CC)C(=O)c1c(N)c(C)nn1CC. The highest BCUT2D eigenvalue weighted by molar-refractivity contribution is 5.99. The molecule has 7 nitrogen and oxygen atoms in total. The topological polar surface area (TPSA) is 90.4 Å². The molecule has 0 aliphatic carbocycles. The standard InChI is InChI=1S/C13H22N4O3/c1-5-16(8-10(18)20-7-3)13(19)12-11(14)9(4)15-17(12)6-2/h5-8,14H2,1-4H3. The van der Waals surface area contributed by atoms with Gasteiger partial charge in [0.15, 0.2) is 0 Å². The number of aryl methyl sites for hydroxylation is 2. The summed E-state index contributed by atoms with van der Waals surface area (Å²) < 4.78 is 6.42. The molecule has 0 saturated heterocycles. The van der Waals surface area contributed by atoms with E-state index in [9.17, 15) is 9.59 Å². The first-order valence-electron chi connectivity index (χ1n) is 6.73. The van der Waals surface area contributed by atoms with Crippen molar-refractivity contribution < 1.29 is 14.3 Å². The van der Waals surface area contributed by atoms with Crippen LogP contribution in [0, 0.1) is 6.92 Å². The van der Waals surface area contributed by atoms with Crippen LogP contribution in [0.1, 0.15) is 37.0 Å². The molecular formula is C13H22N4O3. The van der Waals surface area contributed by atoms with E-state index in [0.717, 1.165) is 0 Å². The lowest BCUT2D eigenvalue weighted by Gasteiger charge is -2.20. The highest BCUT2D eigenvalue weighted by atomic mass is 16.5. The van der Waals surface area contributed by atoms with Crippen LogP contribution in [0.4, 0.5) is 5.69 Å². The van der Waals surface area contributed by atoms with E-state index in [-0.39, 0.29) is 12.5 Å². The minimum atomic E-state index is -0.430. The Labute approximate surface area is 118 Å². The van der Waals surface area contributed by atoms with Crippen LogP contribution in [0.2, 0.25) is 0 Å². The second-order valence-electron chi connectivity index (χ2n) is 4.29. The Balaban J connectivity index is 2.99. The van der Waals surface area contributed by atoms with Gasteiger partial charge in [0.2, 0.25) is 0 Å². The number of carbonyl (C=O) groups excluding carboxylic acids is 2. The van der Waals surface area contributed by atoms with Crippen molar-refractivity contribution in [2.75, 3.05) is 25.4 Å². The predicted octanol–water partition coefficient (Wildman–Crippen LogP) is 0.819. The molecule has 2 N–H and O–H groups in total. The van der Waals surface area contributed by atoms with Crippen LogP contribution in [-0.4, -0.2) is 46.3 Å². The van der Waals surface area contributed by atoms with Crippen molar-refractivity contribution in [2.24, 2.45) is 0 Å². The third kappa shape index (κ3) is 3.28. The van der Waals surface area contributed by atoms with Gasteiger partial charge in [-0.25, -0.2) is 0 Å². The van der Waals surface area contributed by atoms with Gasteiger partial charge in [0.1, 0.15) is 12.2 Å². The molecule has 0 aromatic carbocycles. The van der Waals surface area contributed by atoms with E-state index in [2.05, 4.69) is 5.10 Å². The lowest BCUT2D eigenvalue weighted by atomic mass is 10.2. The smallest absolute Gasteiger partial charge is 0.325 e. The van der Waals surface area contributed by atoms with E-state index < -0.39 is 5.97 Å². The Hall–Kier alpha value is -2.05. The molecule has 7 heteroatoms. The average Bonchev–Trinajstić information content (AvgIpc) is 2.71. The lowest BCUT2D eigenvalue weighted by molar-refractivity contribution is -0.143. The van der Waals surface area contributed by atoms with Crippen molar-refractivity contribution in [3.8, 4) is 0 Å². The van der Waals surface area contributed by atoms with E-state index in [1.165, 1.54) is 4.90 Å². The summed E-state index contributed by atoms with van der Waals surface area (Å²) in [7, 11) is 0. The van der Waals surface area contributed by atoms with Gasteiger partial charge in [0.05, 0.1) is 18.0 Å². The number of ether oxygens (including phenoxy) is 1. The van der Waals surface area contributed by atoms with Crippen LogP contribution in [0.15, 0.2) is 0 Å². The van der Waals surface area contributed by atoms with Crippen molar-refractivity contribution in [3.05, 3.63) is 11.4 Å². The van der Waals surface area contributed by atoms with Gasteiger partial charge in [-0.15, -0.1) is 0 Å². The molecule has 1 rings (SSSR count). The third-order valence-electron chi connectivity index (χ3n) is 2.97. The lowest BCUT2D eigenvalue weighted by Crippen LogP contribution is -2.37. The zero-order valence-corrected chi connectivity index (χ0v) is 12.5. The van der Waals surface area contributed by atoms with Crippen LogP contribution < -0.4 is 5.73 Å². The molecule has 20 heavy (non-hydrogen) atoms. The summed E-state index contributed by atoms with van der Waals surface area (Å²) in [5.41, 5.74) is 7.22. The maximum atomic E-state index is 12.5. The van der Waals surface area contributed by atoms with Crippen LogP contribution in [0.25, 0.3) is 0 Å². The number of nitrogen functional groups attached to an aromatic ring is 1. The van der Waals surface area contributed by atoms with Crippen molar-refractivity contribution >= 4 is 17.6 Å². The zero-order chi connectivity index (χ0) is 15.3. The monoisotopic (exact) mass is 282 g/mol. The van der Waals surface area contributed by atoms with Crippen LogP contribution >= 0.6 is 0 Å². The quantitative estimate of drug-likeness (QED) is 0.780. The fourth-order valence-electron chi connectivity index (χ4n) is 1.89.